The molecule has 2 aliphatic rings. The number of carbonyl (C=O) groups is 2. The molecule has 2 fully saturated rings. The third-order valence-corrected chi connectivity index (χ3v) is 5.98. The number of aryl methyl sites for hydroxylation is 1. The number of fused-ring (bicyclic) bond motifs is 2. The van der Waals surface area contributed by atoms with E-state index in [2.05, 4.69) is 35.4 Å². The maximum absolute atomic E-state index is 12.5. The van der Waals surface area contributed by atoms with Gasteiger partial charge in [0.05, 0.1) is 0 Å². The zero-order chi connectivity index (χ0) is 18.3. The van der Waals surface area contributed by atoms with Crippen LogP contribution in [0.2, 0.25) is 0 Å². The molecule has 138 valence electrons. The lowest BCUT2D eigenvalue weighted by atomic mass is 9.93. The molecule has 6 nitrogen and oxygen atoms in total. The van der Waals surface area contributed by atoms with E-state index in [9.17, 15) is 9.59 Å². The molecule has 0 radical (unpaired) electrons. The van der Waals surface area contributed by atoms with Crippen LogP contribution in [0.25, 0.3) is 10.9 Å². The molecule has 3 amide bonds. The summed E-state index contributed by atoms with van der Waals surface area (Å²) >= 11 is 0. The average Bonchev–Trinajstić information content (AvgIpc) is 3.17. The number of rotatable bonds is 3. The van der Waals surface area contributed by atoms with Crippen molar-refractivity contribution in [3.63, 3.8) is 0 Å². The van der Waals surface area contributed by atoms with Gasteiger partial charge in [-0.05, 0) is 37.0 Å². The second-order valence-corrected chi connectivity index (χ2v) is 7.56. The van der Waals surface area contributed by atoms with Gasteiger partial charge in [0.1, 0.15) is 0 Å². The molecule has 6 heteroatoms. The van der Waals surface area contributed by atoms with Crippen LogP contribution in [0.5, 0.6) is 0 Å². The number of nitrogens with one attached hydrogen (secondary N) is 2. The zero-order valence-electron chi connectivity index (χ0n) is 15.4. The molecule has 2 aromatic rings. The minimum Gasteiger partial charge on any atom is -0.361 e. The molecule has 3 heterocycles. The standard InChI is InChI=1S/C20H26N4O2/c1-13-4-3-5-16-19(13)14(11-22-16)6-8-21-20(26)24-9-7-17-15(12-24)10-18(25)23(17)2/h3-5,11,15,17,22H,6-10,12H2,1-2H3,(H,21,26)/t15-,17+/m0/s1. The molecule has 0 spiro atoms. The Morgan fingerprint density at radius 1 is 1.38 bits per heavy atom. The van der Waals surface area contributed by atoms with Gasteiger partial charge < -0.3 is 20.1 Å². The summed E-state index contributed by atoms with van der Waals surface area (Å²) in [4.78, 5) is 31.4. The van der Waals surface area contributed by atoms with Gasteiger partial charge in [0, 0.05) is 62.2 Å². The first-order chi connectivity index (χ1) is 12.5. The summed E-state index contributed by atoms with van der Waals surface area (Å²) < 4.78 is 0. The van der Waals surface area contributed by atoms with Crippen molar-refractivity contribution in [1.82, 2.24) is 20.1 Å². The summed E-state index contributed by atoms with van der Waals surface area (Å²) in [5, 5.41) is 4.31. The predicted molar refractivity (Wildman–Crippen MR) is 101 cm³/mol. The molecule has 2 aliphatic heterocycles. The minimum atomic E-state index is -0.0120. The topological polar surface area (TPSA) is 68.4 Å². The molecule has 0 unspecified atom stereocenters. The van der Waals surface area contributed by atoms with Crippen LogP contribution >= 0.6 is 0 Å². The van der Waals surface area contributed by atoms with Gasteiger partial charge in [-0.1, -0.05) is 12.1 Å². The highest BCUT2D eigenvalue weighted by atomic mass is 16.2. The van der Waals surface area contributed by atoms with Gasteiger partial charge in [-0.15, -0.1) is 0 Å². The summed E-state index contributed by atoms with van der Waals surface area (Å²) in [6.07, 6.45) is 4.29. The Bertz CT molecular complexity index is 843. The van der Waals surface area contributed by atoms with E-state index >= 15 is 0 Å². The number of benzene rings is 1. The van der Waals surface area contributed by atoms with E-state index in [1.807, 2.05) is 23.0 Å². The van der Waals surface area contributed by atoms with E-state index in [-0.39, 0.29) is 17.9 Å². The van der Waals surface area contributed by atoms with Crippen molar-refractivity contribution in [3.05, 3.63) is 35.5 Å². The van der Waals surface area contributed by atoms with Crippen LogP contribution in [0.15, 0.2) is 24.4 Å². The predicted octanol–water partition coefficient (Wildman–Crippen LogP) is 2.28. The van der Waals surface area contributed by atoms with Gasteiger partial charge in [-0.2, -0.15) is 0 Å². The smallest absolute Gasteiger partial charge is 0.317 e. The highest BCUT2D eigenvalue weighted by Gasteiger charge is 2.41. The fraction of sp³-hybridized carbons (Fsp3) is 0.500. The number of nitrogens with zero attached hydrogens (tertiary/aromatic N) is 2. The minimum absolute atomic E-state index is 0.0120. The molecular weight excluding hydrogens is 328 g/mol. The first-order valence-electron chi connectivity index (χ1n) is 9.38. The Hall–Kier alpha value is -2.50. The number of aromatic nitrogens is 1. The molecule has 0 aliphatic carbocycles. The number of hydrogen-bond acceptors (Lipinski definition) is 2. The fourth-order valence-electron chi connectivity index (χ4n) is 4.53. The Balaban J connectivity index is 1.32. The Morgan fingerprint density at radius 2 is 2.23 bits per heavy atom. The number of carbonyl (C=O) groups excluding carboxylic acids is 2. The van der Waals surface area contributed by atoms with Crippen molar-refractivity contribution >= 4 is 22.8 Å². The number of aromatic amines is 1. The first kappa shape index (κ1) is 16.9. The van der Waals surface area contributed by atoms with Crippen molar-refractivity contribution in [2.75, 3.05) is 26.7 Å². The molecule has 2 saturated heterocycles. The Labute approximate surface area is 153 Å². The summed E-state index contributed by atoms with van der Waals surface area (Å²) in [7, 11) is 1.88. The Morgan fingerprint density at radius 3 is 3.08 bits per heavy atom. The lowest BCUT2D eigenvalue weighted by Gasteiger charge is -2.36. The number of H-pyrrole nitrogens is 1. The maximum Gasteiger partial charge on any atom is 0.317 e. The van der Waals surface area contributed by atoms with Crippen LogP contribution < -0.4 is 5.32 Å². The SMILES string of the molecule is Cc1cccc2[nH]cc(CCNC(=O)N3CC[C@@H]4[C@@H](CC(=O)N4C)C3)c12. The number of hydrogen-bond donors (Lipinski definition) is 2. The van der Waals surface area contributed by atoms with E-state index in [1.54, 1.807) is 0 Å². The average molecular weight is 354 g/mol. The first-order valence-corrected chi connectivity index (χ1v) is 9.38. The molecule has 0 saturated carbocycles. The molecule has 4 rings (SSSR count). The second-order valence-electron chi connectivity index (χ2n) is 7.56. The van der Waals surface area contributed by atoms with Crippen LogP contribution in [-0.2, 0) is 11.2 Å². The summed E-state index contributed by atoms with van der Waals surface area (Å²) in [6.45, 7) is 4.13. The highest BCUT2D eigenvalue weighted by Crippen LogP contribution is 2.31. The van der Waals surface area contributed by atoms with Crippen molar-refractivity contribution in [2.45, 2.75) is 32.2 Å². The van der Waals surface area contributed by atoms with Gasteiger partial charge in [0.25, 0.3) is 0 Å². The molecular formula is C20H26N4O2. The third kappa shape index (κ3) is 2.93. The van der Waals surface area contributed by atoms with Crippen LogP contribution in [0.1, 0.15) is 24.0 Å². The lowest BCUT2D eigenvalue weighted by molar-refractivity contribution is -0.127. The largest absolute Gasteiger partial charge is 0.361 e. The van der Waals surface area contributed by atoms with Crippen LogP contribution in [0.4, 0.5) is 4.79 Å². The molecule has 1 aromatic carbocycles. The number of piperidine rings is 1. The normalized spacial score (nSPS) is 22.8. The molecule has 2 N–H and O–H groups in total. The van der Waals surface area contributed by atoms with E-state index in [1.165, 1.54) is 16.5 Å². The molecule has 0 bridgehead atoms. The quantitative estimate of drug-likeness (QED) is 0.888. The summed E-state index contributed by atoms with van der Waals surface area (Å²) in [6, 6.07) is 6.54. The van der Waals surface area contributed by atoms with Crippen LogP contribution in [0, 0.1) is 12.8 Å². The van der Waals surface area contributed by atoms with Gasteiger partial charge >= 0.3 is 6.03 Å². The van der Waals surface area contributed by atoms with E-state index < -0.39 is 0 Å². The van der Waals surface area contributed by atoms with Gasteiger partial charge in [0.15, 0.2) is 0 Å². The van der Waals surface area contributed by atoms with Crippen LogP contribution in [0.3, 0.4) is 0 Å². The number of urea groups is 1. The molecule has 26 heavy (non-hydrogen) atoms. The van der Waals surface area contributed by atoms with Crippen molar-refractivity contribution in [1.29, 1.82) is 0 Å². The maximum atomic E-state index is 12.5. The fourth-order valence-corrected chi connectivity index (χ4v) is 4.53. The van der Waals surface area contributed by atoms with Gasteiger partial charge in [-0.3, -0.25) is 4.79 Å². The van der Waals surface area contributed by atoms with E-state index in [0.29, 0.717) is 25.6 Å². The third-order valence-electron chi connectivity index (χ3n) is 5.98. The van der Waals surface area contributed by atoms with E-state index in [4.69, 9.17) is 0 Å². The van der Waals surface area contributed by atoms with Gasteiger partial charge in [0.2, 0.25) is 5.91 Å². The number of amides is 3. The van der Waals surface area contributed by atoms with Crippen LogP contribution in [-0.4, -0.2) is 59.4 Å². The van der Waals surface area contributed by atoms with Crippen molar-refractivity contribution in [2.24, 2.45) is 5.92 Å². The monoisotopic (exact) mass is 354 g/mol. The number of likely N-dealkylation sites (tertiary alicyclic amines) is 2. The van der Waals surface area contributed by atoms with Crippen molar-refractivity contribution < 1.29 is 9.59 Å². The highest BCUT2D eigenvalue weighted by molar-refractivity contribution is 5.86. The summed E-state index contributed by atoms with van der Waals surface area (Å²) in [5.74, 6) is 0.486. The molecule has 2 atom stereocenters. The van der Waals surface area contributed by atoms with Gasteiger partial charge in [-0.25, -0.2) is 4.79 Å². The lowest BCUT2D eigenvalue weighted by Crippen LogP contribution is -2.50. The molecule has 1 aromatic heterocycles. The van der Waals surface area contributed by atoms with E-state index in [0.717, 1.165) is 24.9 Å². The Kier molecular flexibility index (Phi) is 4.34. The van der Waals surface area contributed by atoms with Crippen molar-refractivity contribution in [3.8, 4) is 0 Å². The second kappa shape index (κ2) is 6.67. The zero-order valence-corrected chi connectivity index (χ0v) is 15.4. The summed E-state index contributed by atoms with van der Waals surface area (Å²) in [5.41, 5.74) is 3.63.